The van der Waals surface area contributed by atoms with Crippen LogP contribution in [0.2, 0.25) is 5.02 Å². The Morgan fingerprint density at radius 3 is 2.71 bits per heavy atom. The van der Waals surface area contributed by atoms with Gasteiger partial charge in [0.15, 0.2) is 0 Å². The molecule has 0 unspecified atom stereocenters. The molecule has 0 saturated carbocycles. The highest BCUT2D eigenvalue weighted by atomic mass is 35.5. The van der Waals surface area contributed by atoms with Crippen molar-refractivity contribution in [2.75, 3.05) is 6.54 Å². The summed E-state index contributed by atoms with van der Waals surface area (Å²) in [4.78, 5) is 27.5. The number of aromatic nitrogens is 3. The number of hydrogen-bond donors (Lipinski definition) is 0. The average Bonchev–Trinajstić information content (AvgIpc) is 3.23. The van der Waals surface area contributed by atoms with Gasteiger partial charge in [-0.05, 0) is 43.0 Å². The van der Waals surface area contributed by atoms with Gasteiger partial charge in [-0.25, -0.2) is 9.97 Å². The largest absolute Gasteiger partial charge is 0.334 e. The van der Waals surface area contributed by atoms with Crippen LogP contribution in [-0.2, 0) is 11.2 Å². The summed E-state index contributed by atoms with van der Waals surface area (Å²) < 4.78 is 0. The maximum absolute atomic E-state index is 12.8. The van der Waals surface area contributed by atoms with Crippen molar-refractivity contribution in [3.05, 3.63) is 77.6 Å². The quantitative estimate of drug-likeness (QED) is 0.642. The van der Waals surface area contributed by atoms with Crippen LogP contribution < -0.4 is 0 Å². The predicted octanol–water partition coefficient (Wildman–Crippen LogP) is 4.49. The minimum absolute atomic E-state index is 0.0490. The Balaban J connectivity index is 1.43. The molecule has 1 aliphatic rings. The molecule has 1 aliphatic heterocycles. The first-order valence-electron chi connectivity index (χ1n) is 9.46. The van der Waals surface area contributed by atoms with Gasteiger partial charge in [0.1, 0.15) is 6.33 Å². The molecule has 0 N–H and O–H groups in total. The maximum atomic E-state index is 12.8. The Labute approximate surface area is 169 Å². The monoisotopic (exact) mass is 392 g/mol. The van der Waals surface area contributed by atoms with E-state index >= 15 is 0 Å². The van der Waals surface area contributed by atoms with Crippen LogP contribution in [0.25, 0.3) is 11.1 Å². The molecule has 142 valence electrons. The summed E-state index contributed by atoms with van der Waals surface area (Å²) in [5.41, 5.74) is 3.93. The summed E-state index contributed by atoms with van der Waals surface area (Å²) in [6, 6.07) is 11.8. The van der Waals surface area contributed by atoms with Crippen molar-refractivity contribution in [2.45, 2.75) is 31.7 Å². The van der Waals surface area contributed by atoms with Gasteiger partial charge in [0.2, 0.25) is 5.91 Å². The van der Waals surface area contributed by atoms with Crippen LogP contribution in [0, 0.1) is 0 Å². The second-order valence-electron chi connectivity index (χ2n) is 6.97. The molecule has 0 radical (unpaired) electrons. The van der Waals surface area contributed by atoms with Crippen LogP contribution in [0.15, 0.2) is 61.3 Å². The van der Waals surface area contributed by atoms with Crippen LogP contribution in [0.5, 0.6) is 0 Å². The van der Waals surface area contributed by atoms with Crippen molar-refractivity contribution in [3.63, 3.8) is 0 Å². The molecular formula is C22H21ClN4O. The van der Waals surface area contributed by atoms with Crippen LogP contribution in [0.4, 0.5) is 0 Å². The molecule has 0 aliphatic carbocycles. The number of carbonyl (C=O) groups excluding carboxylic acids is 1. The Morgan fingerprint density at radius 2 is 1.96 bits per heavy atom. The first-order chi connectivity index (χ1) is 13.7. The Morgan fingerprint density at radius 1 is 1.11 bits per heavy atom. The predicted molar refractivity (Wildman–Crippen MR) is 109 cm³/mol. The summed E-state index contributed by atoms with van der Waals surface area (Å²) in [5.74, 6) is 0.171. The third kappa shape index (κ3) is 4.20. The lowest BCUT2D eigenvalue weighted by atomic mass is 10.1. The van der Waals surface area contributed by atoms with E-state index in [1.807, 2.05) is 47.5 Å². The molecule has 2 aromatic heterocycles. The van der Waals surface area contributed by atoms with Crippen molar-refractivity contribution in [1.82, 2.24) is 19.9 Å². The zero-order valence-corrected chi connectivity index (χ0v) is 16.2. The summed E-state index contributed by atoms with van der Waals surface area (Å²) in [7, 11) is 0. The van der Waals surface area contributed by atoms with Gasteiger partial charge < -0.3 is 4.90 Å². The smallest absolute Gasteiger partial charge is 0.223 e. The van der Waals surface area contributed by atoms with Crippen molar-refractivity contribution < 1.29 is 4.79 Å². The van der Waals surface area contributed by atoms with Crippen molar-refractivity contribution in [2.24, 2.45) is 0 Å². The third-order valence-electron chi connectivity index (χ3n) is 5.11. The normalized spacial score (nSPS) is 16.3. The molecule has 6 heteroatoms. The molecule has 1 saturated heterocycles. The number of aryl methyl sites for hydroxylation is 1. The second-order valence-corrected chi connectivity index (χ2v) is 7.41. The number of pyridine rings is 1. The zero-order valence-electron chi connectivity index (χ0n) is 15.5. The zero-order chi connectivity index (χ0) is 19.3. The molecule has 1 atom stereocenters. The molecule has 3 heterocycles. The lowest BCUT2D eigenvalue weighted by molar-refractivity contribution is -0.132. The fourth-order valence-corrected chi connectivity index (χ4v) is 3.89. The van der Waals surface area contributed by atoms with E-state index in [4.69, 9.17) is 11.6 Å². The summed E-state index contributed by atoms with van der Waals surface area (Å²) in [6.45, 7) is 0.787. The van der Waals surface area contributed by atoms with E-state index in [2.05, 4.69) is 15.0 Å². The number of hydrogen-bond acceptors (Lipinski definition) is 4. The molecule has 0 bridgehead atoms. The van der Waals surface area contributed by atoms with Crippen LogP contribution in [-0.4, -0.2) is 32.3 Å². The van der Waals surface area contributed by atoms with Gasteiger partial charge in [-0.1, -0.05) is 29.8 Å². The van der Waals surface area contributed by atoms with E-state index in [-0.39, 0.29) is 11.9 Å². The highest BCUT2D eigenvalue weighted by Gasteiger charge is 2.30. The van der Waals surface area contributed by atoms with E-state index in [0.29, 0.717) is 17.9 Å². The molecule has 5 nitrogen and oxygen atoms in total. The standard InChI is InChI=1S/C22H21ClN4O/c23-19-4-1-3-16(11-19)6-9-22(28)27-10-2-5-21(27)20-8-7-17(14-26-20)18-12-24-15-25-13-18/h1,3-4,7-8,11-15,21H,2,5-6,9-10H2/t21-/m0/s1. The van der Waals surface area contributed by atoms with E-state index in [1.54, 1.807) is 12.4 Å². The van der Waals surface area contributed by atoms with E-state index in [1.165, 1.54) is 6.33 Å². The van der Waals surface area contributed by atoms with Gasteiger partial charge >= 0.3 is 0 Å². The molecule has 1 amide bonds. The number of likely N-dealkylation sites (tertiary alicyclic amines) is 1. The van der Waals surface area contributed by atoms with Gasteiger partial charge in [0.25, 0.3) is 0 Å². The van der Waals surface area contributed by atoms with Crippen LogP contribution in [0.1, 0.15) is 36.6 Å². The van der Waals surface area contributed by atoms with Crippen LogP contribution >= 0.6 is 11.6 Å². The lowest BCUT2D eigenvalue weighted by Crippen LogP contribution is -2.31. The Hall–Kier alpha value is -2.79. The molecule has 4 rings (SSSR count). The second kappa shape index (κ2) is 8.48. The SMILES string of the molecule is O=C(CCc1cccc(Cl)c1)N1CCC[C@H]1c1ccc(-c2cncnc2)cn1. The number of halogens is 1. The van der Waals surface area contributed by atoms with Crippen molar-refractivity contribution >= 4 is 17.5 Å². The van der Waals surface area contributed by atoms with Gasteiger partial charge in [-0.15, -0.1) is 0 Å². The fraction of sp³-hybridized carbons (Fsp3) is 0.273. The van der Waals surface area contributed by atoms with E-state index in [9.17, 15) is 4.79 Å². The first-order valence-corrected chi connectivity index (χ1v) is 9.84. The average molecular weight is 393 g/mol. The molecular weight excluding hydrogens is 372 g/mol. The summed E-state index contributed by atoms with van der Waals surface area (Å²) in [5, 5.41) is 0.706. The van der Waals surface area contributed by atoms with Gasteiger partial charge in [-0.2, -0.15) is 0 Å². The molecule has 0 spiro atoms. The van der Waals surface area contributed by atoms with Crippen molar-refractivity contribution in [1.29, 1.82) is 0 Å². The molecule has 1 fully saturated rings. The van der Waals surface area contributed by atoms with E-state index in [0.717, 1.165) is 41.8 Å². The molecule has 1 aromatic carbocycles. The Kier molecular flexibility index (Phi) is 5.63. The molecule has 3 aromatic rings. The van der Waals surface area contributed by atoms with Gasteiger partial charge in [0.05, 0.1) is 11.7 Å². The van der Waals surface area contributed by atoms with Gasteiger partial charge in [0, 0.05) is 47.7 Å². The van der Waals surface area contributed by atoms with E-state index < -0.39 is 0 Å². The Bertz CT molecular complexity index is 946. The highest BCUT2D eigenvalue weighted by molar-refractivity contribution is 6.30. The topological polar surface area (TPSA) is 59.0 Å². The number of carbonyl (C=O) groups is 1. The first kappa shape index (κ1) is 18.6. The number of amides is 1. The summed E-state index contributed by atoms with van der Waals surface area (Å²) in [6.07, 6.45) is 10.0. The number of nitrogens with zero attached hydrogens (tertiary/aromatic N) is 4. The fourth-order valence-electron chi connectivity index (χ4n) is 3.68. The summed E-state index contributed by atoms with van der Waals surface area (Å²) >= 11 is 6.04. The lowest BCUT2D eigenvalue weighted by Gasteiger charge is -2.24. The van der Waals surface area contributed by atoms with Crippen LogP contribution in [0.3, 0.4) is 0 Å². The minimum Gasteiger partial charge on any atom is -0.334 e. The minimum atomic E-state index is 0.0490. The number of benzene rings is 1. The maximum Gasteiger partial charge on any atom is 0.223 e. The highest BCUT2D eigenvalue weighted by Crippen LogP contribution is 2.32. The van der Waals surface area contributed by atoms with Crippen molar-refractivity contribution in [3.8, 4) is 11.1 Å². The third-order valence-corrected chi connectivity index (χ3v) is 5.35. The number of rotatable bonds is 5. The van der Waals surface area contributed by atoms with Gasteiger partial charge in [-0.3, -0.25) is 9.78 Å². The molecule has 28 heavy (non-hydrogen) atoms.